The van der Waals surface area contributed by atoms with Crippen LogP contribution in [0.3, 0.4) is 0 Å². The fraction of sp³-hybridized carbons (Fsp3) is 0.667. The van der Waals surface area contributed by atoms with Gasteiger partial charge in [-0.05, 0) is 12.8 Å². The smallest absolute Gasteiger partial charge is 0.159 e. The molecule has 88 valence electrons. The molecular formula is C12H19N3O. The summed E-state index contributed by atoms with van der Waals surface area (Å²) < 4.78 is 5.27. The van der Waals surface area contributed by atoms with Crippen LogP contribution in [-0.4, -0.2) is 23.1 Å². The molecule has 0 atom stereocenters. The van der Waals surface area contributed by atoms with Crippen LogP contribution < -0.4 is 10.1 Å². The van der Waals surface area contributed by atoms with Crippen LogP contribution in [-0.2, 0) is 6.54 Å². The maximum Gasteiger partial charge on any atom is 0.159 e. The Morgan fingerprint density at radius 3 is 2.81 bits per heavy atom. The molecule has 0 bridgehead atoms. The molecule has 1 fully saturated rings. The minimum absolute atomic E-state index is 0.352. The lowest BCUT2D eigenvalue weighted by molar-refractivity contribution is 0.400. The van der Waals surface area contributed by atoms with E-state index in [0.29, 0.717) is 12.0 Å². The predicted octanol–water partition coefficient (Wildman–Crippen LogP) is 1.86. The number of hydrogen-bond acceptors (Lipinski definition) is 4. The molecule has 0 saturated heterocycles. The van der Waals surface area contributed by atoms with Crippen molar-refractivity contribution in [3.63, 3.8) is 0 Å². The molecule has 0 unspecified atom stereocenters. The molecule has 2 rings (SSSR count). The lowest BCUT2D eigenvalue weighted by atomic mass is 10.2. The quantitative estimate of drug-likeness (QED) is 0.824. The van der Waals surface area contributed by atoms with Gasteiger partial charge in [0.25, 0.3) is 0 Å². The van der Waals surface area contributed by atoms with E-state index in [2.05, 4.69) is 29.1 Å². The van der Waals surface area contributed by atoms with Crippen molar-refractivity contribution >= 4 is 0 Å². The van der Waals surface area contributed by atoms with E-state index in [0.717, 1.165) is 23.8 Å². The molecule has 0 radical (unpaired) electrons. The van der Waals surface area contributed by atoms with Crippen LogP contribution in [0, 0.1) is 0 Å². The van der Waals surface area contributed by atoms with Gasteiger partial charge in [-0.2, -0.15) is 0 Å². The number of nitrogens with one attached hydrogen (secondary N) is 1. The molecule has 4 nitrogen and oxygen atoms in total. The normalized spacial score (nSPS) is 15.5. The molecule has 1 N–H and O–H groups in total. The summed E-state index contributed by atoms with van der Waals surface area (Å²) in [5, 5.41) is 3.44. The summed E-state index contributed by atoms with van der Waals surface area (Å²) in [6.45, 7) is 4.97. The zero-order chi connectivity index (χ0) is 11.5. The van der Waals surface area contributed by atoms with E-state index in [-0.39, 0.29) is 0 Å². The van der Waals surface area contributed by atoms with Crippen LogP contribution in [0.1, 0.15) is 44.1 Å². The van der Waals surface area contributed by atoms with E-state index in [1.54, 1.807) is 13.3 Å². The molecule has 1 saturated carbocycles. The van der Waals surface area contributed by atoms with Gasteiger partial charge >= 0.3 is 0 Å². The summed E-state index contributed by atoms with van der Waals surface area (Å²) in [7, 11) is 1.66. The summed E-state index contributed by atoms with van der Waals surface area (Å²) in [6.07, 6.45) is 4.33. The summed E-state index contributed by atoms with van der Waals surface area (Å²) in [5.74, 6) is 2.01. The van der Waals surface area contributed by atoms with Gasteiger partial charge in [0.1, 0.15) is 5.82 Å². The topological polar surface area (TPSA) is 47.0 Å². The Morgan fingerprint density at radius 1 is 1.50 bits per heavy atom. The number of ether oxygens (including phenoxy) is 1. The van der Waals surface area contributed by atoms with Crippen LogP contribution in [0.15, 0.2) is 6.20 Å². The van der Waals surface area contributed by atoms with E-state index in [4.69, 9.17) is 4.74 Å². The van der Waals surface area contributed by atoms with Crippen molar-refractivity contribution in [2.45, 2.75) is 45.2 Å². The van der Waals surface area contributed by atoms with Crippen molar-refractivity contribution in [1.29, 1.82) is 0 Å². The van der Waals surface area contributed by atoms with E-state index in [1.807, 2.05) is 0 Å². The first kappa shape index (κ1) is 11.3. The third-order valence-electron chi connectivity index (χ3n) is 2.72. The van der Waals surface area contributed by atoms with E-state index >= 15 is 0 Å². The van der Waals surface area contributed by atoms with Crippen molar-refractivity contribution in [2.75, 3.05) is 7.11 Å². The third-order valence-corrected chi connectivity index (χ3v) is 2.72. The van der Waals surface area contributed by atoms with Crippen LogP contribution in [0.25, 0.3) is 0 Å². The first-order valence-electron chi connectivity index (χ1n) is 5.84. The van der Waals surface area contributed by atoms with E-state index in [1.165, 1.54) is 12.8 Å². The number of methoxy groups -OCH3 is 1. The van der Waals surface area contributed by atoms with Crippen molar-refractivity contribution in [1.82, 2.24) is 15.3 Å². The predicted molar refractivity (Wildman–Crippen MR) is 62.5 cm³/mol. The van der Waals surface area contributed by atoms with Gasteiger partial charge in [0.05, 0.1) is 19.0 Å². The summed E-state index contributed by atoms with van der Waals surface area (Å²) in [4.78, 5) is 8.83. The van der Waals surface area contributed by atoms with E-state index < -0.39 is 0 Å². The monoisotopic (exact) mass is 221 g/mol. The van der Waals surface area contributed by atoms with Crippen molar-refractivity contribution < 1.29 is 4.74 Å². The number of nitrogens with zero attached hydrogens (tertiary/aromatic N) is 2. The lowest BCUT2D eigenvalue weighted by Gasteiger charge is -2.11. The molecule has 1 aromatic heterocycles. The van der Waals surface area contributed by atoms with Gasteiger partial charge in [0.2, 0.25) is 0 Å². The zero-order valence-electron chi connectivity index (χ0n) is 10.2. The molecule has 1 aliphatic carbocycles. The Bertz CT molecular complexity index is 361. The Hall–Kier alpha value is -1.16. The van der Waals surface area contributed by atoms with Gasteiger partial charge in [0, 0.05) is 18.5 Å². The maximum atomic E-state index is 5.27. The maximum absolute atomic E-state index is 5.27. The Kier molecular flexibility index (Phi) is 3.39. The van der Waals surface area contributed by atoms with Crippen molar-refractivity contribution in [2.24, 2.45) is 0 Å². The Balaban J connectivity index is 2.12. The highest BCUT2D eigenvalue weighted by atomic mass is 16.5. The second-order valence-electron chi connectivity index (χ2n) is 4.55. The average Bonchev–Trinajstić information content (AvgIpc) is 3.09. The summed E-state index contributed by atoms with van der Waals surface area (Å²) in [5.41, 5.74) is 0.966. The molecule has 4 heteroatoms. The van der Waals surface area contributed by atoms with Gasteiger partial charge in [-0.3, -0.25) is 0 Å². The standard InChI is InChI=1S/C12H19N3O/c1-8(2)12-14-7-11(16-3)10(15-12)6-13-9-4-5-9/h7-9,13H,4-6H2,1-3H3. The molecular weight excluding hydrogens is 202 g/mol. The molecule has 1 aromatic rings. The highest BCUT2D eigenvalue weighted by Crippen LogP contribution is 2.22. The Morgan fingerprint density at radius 2 is 2.25 bits per heavy atom. The first-order chi connectivity index (χ1) is 7.70. The van der Waals surface area contributed by atoms with Crippen LogP contribution >= 0.6 is 0 Å². The van der Waals surface area contributed by atoms with Crippen molar-refractivity contribution in [3.05, 3.63) is 17.7 Å². The summed E-state index contributed by atoms with van der Waals surface area (Å²) >= 11 is 0. The van der Waals surface area contributed by atoms with Crippen LogP contribution in [0.5, 0.6) is 5.75 Å². The molecule has 1 heterocycles. The zero-order valence-corrected chi connectivity index (χ0v) is 10.2. The molecule has 0 aromatic carbocycles. The lowest BCUT2D eigenvalue weighted by Crippen LogP contribution is -2.18. The van der Waals surface area contributed by atoms with Gasteiger partial charge in [0.15, 0.2) is 5.75 Å². The van der Waals surface area contributed by atoms with Crippen LogP contribution in [0.2, 0.25) is 0 Å². The summed E-state index contributed by atoms with van der Waals surface area (Å²) in [6, 6.07) is 0.683. The fourth-order valence-corrected chi connectivity index (χ4v) is 1.53. The highest BCUT2D eigenvalue weighted by Gasteiger charge is 2.21. The largest absolute Gasteiger partial charge is 0.493 e. The second kappa shape index (κ2) is 4.78. The molecule has 0 aliphatic heterocycles. The molecule has 0 amide bonds. The minimum Gasteiger partial charge on any atom is -0.493 e. The Labute approximate surface area is 96.4 Å². The average molecular weight is 221 g/mol. The van der Waals surface area contributed by atoms with Gasteiger partial charge in [-0.15, -0.1) is 0 Å². The van der Waals surface area contributed by atoms with Gasteiger partial charge in [-0.1, -0.05) is 13.8 Å². The molecule has 0 spiro atoms. The number of rotatable bonds is 5. The fourth-order valence-electron chi connectivity index (χ4n) is 1.53. The van der Waals surface area contributed by atoms with Crippen LogP contribution in [0.4, 0.5) is 0 Å². The van der Waals surface area contributed by atoms with Gasteiger partial charge in [-0.25, -0.2) is 9.97 Å². The number of aromatic nitrogens is 2. The third kappa shape index (κ3) is 2.70. The van der Waals surface area contributed by atoms with Gasteiger partial charge < -0.3 is 10.1 Å². The SMILES string of the molecule is COc1cnc(C(C)C)nc1CNC1CC1. The first-order valence-corrected chi connectivity index (χ1v) is 5.84. The molecule has 1 aliphatic rings. The number of hydrogen-bond donors (Lipinski definition) is 1. The van der Waals surface area contributed by atoms with Crippen molar-refractivity contribution in [3.8, 4) is 5.75 Å². The molecule has 16 heavy (non-hydrogen) atoms. The minimum atomic E-state index is 0.352. The van der Waals surface area contributed by atoms with E-state index in [9.17, 15) is 0 Å². The highest BCUT2D eigenvalue weighted by molar-refractivity contribution is 5.25. The second-order valence-corrected chi connectivity index (χ2v) is 4.55.